The second-order valence-electron chi connectivity index (χ2n) is 5.95. The number of nitrogens with zero attached hydrogens (tertiary/aromatic N) is 2. The van der Waals surface area contributed by atoms with Gasteiger partial charge in [0.15, 0.2) is 0 Å². The van der Waals surface area contributed by atoms with Gasteiger partial charge in [-0.15, -0.1) is 0 Å². The molecule has 0 saturated carbocycles. The van der Waals surface area contributed by atoms with Crippen LogP contribution in [0.1, 0.15) is 43.4 Å². The summed E-state index contributed by atoms with van der Waals surface area (Å²) in [5.74, 6) is -0.0331. The first kappa shape index (κ1) is 13.1. The third-order valence-corrected chi connectivity index (χ3v) is 3.28. The van der Waals surface area contributed by atoms with Crippen LogP contribution in [-0.2, 0) is 12.5 Å². The molecule has 5 heteroatoms. The molecule has 18 heavy (non-hydrogen) atoms. The minimum Gasteiger partial charge on any atom is -0.347 e. The lowest BCUT2D eigenvalue weighted by atomic mass is 9.92. The molecule has 2 heterocycles. The molecule has 2 N–H and O–H groups in total. The Morgan fingerprint density at radius 3 is 2.78 bits per heavy atom. The summed E-state index contributed by atoms with van der Waals surface area (Å²) in [6.45, 7) is 8.12. The number of rotatable bonds is 2. The van der Waals surface area contributed by atoms with Crippen LogP contribution in [0.5, 0.6) is 0 Å². The van der Waals surface area contributed by atoms with Gasteiger partial charge in [-0.05, 0) is 19.0 Å². The van der Waals surface area contributed by atoms with Gasteiger partial charge in [0.1, 0.15) is 5.69 Å². The Morgan fingerprint density at radius 1 is 1.56 bits per heavy atom. The zero-order valence-corrected chi connectivity index (χ0v) is 11.6. The highest BCUT2D eigenvalue weighted by Gasteiger charge is 2.23. The van der Waals surface area contributed by atoms with Crippen LogP contribution in [0.25, 0.3) is 0 Å². The molecule has 0 bridgehead atoms. The quantitative estimate of drug-likeness (QED) is 0.816. The molecular formula is C13H22N4O. The van der Waals surface area contributed by atoms with Crippen molar-refractivity contribution < 1.29 is 4.79 Å². The van der Waals surface area contributed by atoms with E-state index in [9.17, 15) is 4.79 Å². The Kier molecular flexibility index (Phi) is 3.43. The number of hydrogen-bond acceptors (Lipinski definition) is 3. The number of aromatic nitrogens is 2. The topological polar surface area (TPSA) is 59.0 Å². The Morgan fingerprint density at radius 2 is 2.28 bits per heavy atom. The molecule has 1 aliphatic rings. The third-order valence-electron chi connectivity index (χ3n) is 3.28. The van der Waals surface area contributed by atoms with Crippen LogP contribution in [0, 0.1) is 0 Å². The molecule has 1 aliphatic heterocycles. The second kappa shape index (κ2) is 4.72. The Balaban J connectivity index is 2.12. The molecule has 1 unspecified atom stereocenters. The summed E-state index contributed by atoms with van der Waals surface area (Å²) in [7, 11) is 1.82. The maximum atomic E-state index is 12.2. The summed E-state index contributed by atoms with van der Waals surface area (Å²) < 4.78 is 1.66. The highest BCUT2D eigenvalue weighted by atomic mass is 16.2. The van der Waals surface area contributed by atoms with Crippen LogP contribution >= 0.6 is 0 Å². The van der Waals surface area contributed by atoms with Crippen LogP contribution in [0.2, 0.25) is 0 Å². The minimum atomic E-state index is -0.0365. The van der Waals surface area contributed by atoms with E-state index in [1.807, 2.05) is 13.1 Å². The van der Waals surface area contributed by atoms with E-state index >= 15 is 0 Å². The first-order chi connectivity index (χ1) is 8.38. The fraction of sp³-hybridized carbons (Fsp3) is 0.692. The first-order valence-corrected chi connectivity index (χ1v) is 6.44. The van der Waals surface area contributed by atoms with Crippen molar-refractivity contribution in [2.24, 2.45) is 7.05 Å². The monoisotopic (exact) mass is 250 g/mol. The van der Waals surface area contributed by atoms with Crippen molar-refractivity contribution in [3.8, 4) is 0 Å². The molecule has 1 fully saturated rings. The van der Waals surface area contributed by atoms with Gasteiger partial charge in [-0.3, -0.25) is 9.48 Å². The van der Waals surface area contributed by atoms with Gasteiger partial charge in [-0.25, -0.2) is 0 Å². The van der Waals surface area contributed by atoms with Crippen LogP contribution in [0.15, 0.2) is 6.07 Å². The lowest BCUT2D eigenvalue weighted by Crippen LogP contribution is -2.37. The number of amides is 1. The molecule has 1 atom stereocenters. The Labute approximate surface area is 108 Å². The van der Waals surface area contributed by atoms with Crippen molar-refractivity contribution in [1.29, 1.82) is 0 Å². The van der Waals surface area contributed by atoms with E-state index in [1.165, 1.54) is 0 Å². The molecular weight excluding hydrogens is 228 g/mol. The zero-order chi connectivity index (χ0) is 13.3. The van der Waals surface area contributed by atoms with Gasteiger partial charge in [0, 0.05) is 25.0 Å². The molecule has 0 aliphatic carbocycles. The maximum absolute atomic E-state index is 12.2. The maximum Gasteiger partial charge on any atom is 0.269 e. The van der Waals surface area contributed by atoms with E-state index in [-0.39, 0.29) is 17.4 Å². The molecule has 1 aromatic rings. The van der Waals surface area contributed by atoms with E-state index < -0.39 is 0 Å². The molecule has 1 aromatic heterocycles. The SMILES string of the molecule is Cn1nc(C(C)(C)C)cc1C(=O)NC1CCNC1. The molecule has 1 saturated heterocycles. The summed E-state index contributed by atoms with van der Waals surface area (Å²) in [6, 6.07) is 2.13. The molecule has 2 rings (SSSR count). The molecule has 1 amide bonds. The third kappa shape index (κ3) is 2.72. The Bertz CT molecular complexity index is 438. The second-order valence-corrected chi connectivity index (χ2v) is 5.95. The van der Waals surface area contributed by atoms with Gasteiger partial charge in [-0.2, -0.15) is 5.10 Å². The van der Waals surface area contributed by atoms with Crippen molar-refractivity contribution in [2.75, 3.05) is 13.1 Å². The standard InChI is InChI=1S/C13H22N4O/c1-13(2,3)11-7-10(17(4)16-11)12(18)15-9-5-6-14-8-9/h7,9,14H,5-6,8H2,1-4H3,(H,15,18). The zero-order valence-electron chi connectivity index (χ0n) is 11.6. The molecule has 0 aromatic carbocycles. The van der Waals surface area contributed by atoms with Crippen molar-refractivity contribution in [3.05, 3.63) is 17.5 Å². The highest BCUT2D eigenvalue weighted by molar-refractivity contribution is 5.93. The summed E-state index contributed by atoms with van der Waals surface area (Å²) >= 11 is 0. The predicted molar refractivity (Wildman–Crippen MR) is 70.6 cm³/mol. The summed E-state index contributed by atoms with van der Waals surface area (Å²) in [4.78, 5) is 12.2. The summed E-state index contributed by atoms with van der Waals surface area (Å²) in [5.41, 5.74) is 1.54. The summed E-state index contributed by atoms with van der Waals surface area (Å²) in [6.07, 6.45) is 0.996. The van der Waals surface area contributed by atoms with Crippen molar-refractivity contribution in [1.82, 2.24) is 20.4 Å². The number of aryl methyl sites for hydroxylation is 1. The van der Waals surface area contributed by atoms with Crippen LogP contribution < -0.4 is 10.6 Å². The fourth-order valence-electron chi connectivity index (χ4n) is 2.08. The van der Waals surface area contributed by atoms with Crippen molar-refractivity contribution >= 4 is 5.91 Å². The van der Waals surface area contributed by atoms with Crippen molar-refractivity contribution in [3.63, 3.8) is 0 Å². The normalized spacial score (nSPS) is 20.1. The smallest absolute Gasteiger partial charge is 0.269 e. The van der Waals surface area contributed by atoms with Gasteiger partial charge in [0.2, 0.25) is 0 Å². The lowest BCUT2D eigenvalue weighted by Gasteiger charge is -2.13. The van der Waals surface area contributed by atoms with Gasteiger partial charge >= 0.3 is 0 Å². The molecule has 0 radical (unpaired) electrons. The molecule has 100 valence electrons. The van der Waals surface area contributed by atoms with Crippen LogP contribution in [0.4, 0.5) is 0 Å². The summed E-state index contributed by atoms with van der Waals surface area (Å²) in [5, 5.41) is 10.7. The Hall–Kier alpha value is -1.36. The van der Waals surface area contributed by atoms with E-state index in [2.05, 4.69) is 36.5 Å². The van der Waals surface area contributed by atoms with E-state index in [1.54, 1.807) is 4.68 Å². The lowest BCUT2D eigenvalue weighted by molar-refractivity contribution is 0.0930. The minimum absolute atomic E-state index is 0.0331. The van der Waals surface area contributed by atoms with Crippen LogP contribution in [0.3, 0.4) is 0 Å². The average molecular weight is 250 g/mol. The first-order valence-electron chi connectivity index (χ1n) is 6.44. The van der Waals surface area contributed by atoms with E-state index in [0.717, 1.165) is 25.2 Å². The number of nitrogens with one attached hydrogen (secondary N) is 2. The van der Waals surface area contributed by atoms with E-state index in [0.29, 0.717) is 5.69 Å². The van der Waals surface area contributed by atoms with Crippen molar-refractivity contribution in [2.45, 2.75) is 38.6 Å². The highest BCUT2D eigenvalue weighted by Crippen LogP contribution is 2.21. The predicted octanol–water partition coefficient (Wildman–Crippen LogP) is 0.809. The number of carbonyl (C=O) groups is 1. The average Bonchev–Trinajstić information content (AvgIpc) is 2.85. The fourth-order valence-corrected chi connectivity index (χ4v) is 2.08. The number of hydrogen-bond donors (Lipinski definition) is 2. The molecule has 5 nitrogen and oxygen atoms in total. The van der Waals surface area contributed by atoms with E-state index in [4.69, 9.17) is 0 Å². The van der Waals surface area contributed by atoms with Gasteiger partial charge in [0.25, 0.3) is 5.91 Å². The van der Waals surface area contributed by atoms with Gasteiger partial charge < -0.3 is 10.6 Å². The largest absolute Gasteiger partial charge is 0.347 e. The van der Waals surface area contributed by atoms with Gasteiger partial charge in [0.05, 0.1) is 5.69 Å². The molecule has 0 spiro atoms. The van der Waals surface area contributed by atoms with Gasteiger partial charge in [-0.1, -0.05) is 20.8 Å². The number of carbonyl (C=O) groups excluding carboxylic acids is 1. The van der Waals surface area contributed by atoms with Crippen LogP contribution in [-0.4, -0.2) is 34.8 Å².